The molecule has 0 unspecified atom stereocenters. The number of anilines is 3. The molecule has 0 radical (unpaired) electrons. The first-order chi connectivity index (χ1) is 23.3. The van der Waals surface area contributed by atoms with E-state index in [0.29, 0.717) is 0 Å². The van der Waals surface area contributed by atoms with Crippen molar-refractivity contribution in [1.82, 2.24) is 0 Å². The van der Waals surface area contributed by atoms with Crippen LogP contribution in [0, 0.1) is 0 Å². The third-order valence-electron chi connectivity index (χ3n) is 9.42. The first kappa shape index (κ1) is 27.2. The molecule has 0 amide bonds. The second kappa shape index (κ2) is 11.3. The van der Waals surface area contributed by atoms with Gasteiger partial charge >= 0.3 is 0 Å². The predicted octanol–water partition coefficient (Wildman–Crippen LogP) is 13.1. The molecular weight excluding hydrogens is 567 g/mol. The van der Waals surface area contributed by atoms with Crippen LogP contribution in [0.2, 0.25) is 0 Å². The summed E-state index contributed by atoms with van der Waals surface area (Å²) in [5.74, 6) is 0. The van der Waals surface area contributed by atoms with E-state index in [1.54, 1.807) is 0 Å². The molecule has 9 aromatic carbocycles. The van der Waals surface area contributed by atoms with E-state index < -0.39 is 0 Å². The lowest BCUT2D eigenvalue weighted by atomic mass is 9.91. The molecule has 0 saturated heterocycles. The van der Waals surface area contributed by atoms with Crippen LogP contribution in [0.4, 0.5) is 17.1 Å². The van der Waals surface area contributed by atoms with Gasteiger partial charge in [-0.25, -0.2) is 0 Å². The minimum absolute atomic E-state index is 1.12. The van der Waals surface area contributed by atoms with Crippen molar-refractivity contribution in [1.29, 1.82) is 0 Å². The molecule has 9 aromatic rings. The van der Waals surface area contributed by atoms with Gasteiger partial charge in [0.1, 0.15) is 0 Å². The highest BCUT2D eigenvalue weighted by molar-refractivity contribution is 6.23. The molecule has 1 heteroatoms. The molecule has 1 nitrogen and oxygen atoms in total. The highest BCUT2D eigenvalue weighted by Crippen LogP contribution is 2.41. The molecule has 0 N–H and O–H groups in total. The molecular formula is C46H31N. The average Bonchev–Trinajstić information content (AvgIpc) is 3.15. The molecule has 220 valence electrons. The Balaban J connectivity index is 1.14. The van der Waals surface area contributed by atoms with Crippen LogP contribution in [-0.2, 0) is 0 Å². The quantitative estimate of drug-likeness (QED) is 0.178. The van der Waals surface area contributed by atoms with E-state index in [0.717, 1.165) is 17.1 Å². The first-order valence-electron chi connectivity index (χ1n) is 16.2. The molecule has 0 fully saturated rings. The largest absolute Gasteiger partial charge is 0.311 e. The van der Waals surface area contributed by atoms with Crippen molar-refractivity contribution in [3.63, 3.8) is 0 Å². The van der Waals surface area contributed by atoms with E-state index in [2.05, 4.69) is 193 Å². The molecule has 0 aromatic heterocycles. The molecule has 0 aliphatic rings. The van der Waals surface area contributed by atoms with Crippen molar-refractivity contribution < 1.29 is 0 Å². The Morgan fingerprint density at radius 1 is 0.277 bits per heavy atom. The maximum Gasteiger partial charge on any atom is 0.0462 e. The van der Waals surface area contributed by atoms with E-state index in [1.807, 2.05) is 0 Å². The lowest BCUT2D eigenvalue weighted by Gasteiger charge is -2.26. The Morgan fingerprint density at radius 2 is 0.766 bits per heavy atom. The zero-order valence-corrected chi connectivity index (χ0v) is 25.8. The van der Waals surface area contributed by atoms with Crippen molar-refractivity contribution in [2.24, 2.45) is 0 Å². The standard InChI is InChI=1S/C46H31N/c1-2-14-37(15-3-1)47(38-27-23-34(24-28-38)41-20-10-13-32-11-4-6-16-40(32)41)39-29-25-35(26-30-39)45-31-36-22-21-33-12-5-7-17-42(33)46(36)44-19-9-8-18-43(44)45/h1-31H. The van der Waals surface area contributed by atoms with Crippen LogP contribution < -0.4 is 4.90 Å². The van der Waals surface area contributed by atoms with Gasteiger partial charge in [0, 0.05) is 17.1 Å². The van der Waals surface area contributed by atoms with Gasteiger partial charge in [-0.1, -0.05) is 146 Å². The Kier molecular flexibility index (Phi) is 6.54. The number of para-hydroxylation sites is 1. The Bertz CT molecular complexity index is 2540. The molecule has 0 heterocycles. The van der Waals surface area contributed by atoms with Gasteiger partial charge in [-0.2, -0.15) is 0 Å². The topological polar surface area (TPSA) is 3.24 Å². The van der Waals surface area contributed by atoms with Gasteiger partial charge in [-0.3, -0.25) is 0 Å². The van der Waals surface area contributed by atoms with Gasteiger partial charge < -0.3 is 4.90 Å². The van der Waals surface area contributed by atoms with Crippen LogP contribution in [0.15, 0.2) is 188 Å². The minimum atomic E-state index is 1.12. The third-order valence-corrected chi connectivity index (χ3v) is 9.42. The van der Waals surface area contributed by atoms with Crippen LogP contribution in [0.25, 0.3) is 65.3 Å². The van der Waals surface area contributed by atoms with Crippen molar-refractivity contribution in [2.75, 3.05) is 4.90 Å². The summed E-state index contributed by atoms with van der Waals surface area (Å²) in [6.45, 7) is 0. The molecule has 0 aliphatic carbocycles. The molecule has 0 spiro atoms. The highest BCUT2D eigenvalue weighted by Gasteiger charge is 2.15. The smallest absolute Gasteiger partial charge is 0.0462 e. The molecule has 0 bridgehead atoms. The van der Waals surface area contributed by atoms with E-state index in [-0.39, 0.29) is 0 Å². The molecule has 0 atom stereocenters. The van der Waals surface area contributed by atoms with Gasteiger partial charge in [0.2, 0.25) is 0 Å². The van der Waals surface area contributed by atoms with Gasteiger partial charge in [-0.05, 0) is 108 Å². The second-order valence-corrected chi connectivity index (χ2v) is 12.1. The summed E-state index contributed by atoms with van der Waals surface area (Å²) in [6, 6.07) is 68.1. The summed E-state index contributed by atoms with van der Waals surface area (Å²) < 4.78 is 0. The van der Waals surface area contributed by atoms with Crippen LogP contribution in [0.3, 0.4) is 0 Å². The van der Waals surface area contributed by atoms with Crippen LogP contribution >= 0.6 is 0 Å². The molecule has 47 heavy (non-hydrogen) atoms. The maximum atomic E-state index is 2.36. The SMILES string of the molecule is c1ccc(N(c2ccc(-c3cccc4ccccc34)cc2)c2ccc(-c3cc4ccc5ccccc5c4c4ccccc34)cc2)cc1. The Labute approximate surface area is 274 Å². The van der Waals surface area contributed by atoms with Gasteiger partial charge in [-0.15, -0.1) is 0 Å². The summed E-state index contributed by atoms with van der Waals surface area (Å²) in [5.41, 5.74) is 8.29. The number of hydrogen-bond acceptors (Lipinski definition) is 1. The number of hydrogen-bond donors (Lipinski definition) is 0. The molecule has 0 saturated carbocycles. The number of nitrogens with zero attached hydrogens (tertiary/aromatic N) is 1. The lowest BCUT2D eigenvalue weighted by molar-refractivity contribution is 1.28. The van der Waals surface area contributed by atoms with Crippen molar-refractivity contribution in [3.05, 3.63) is 188 Å². The highest BCUT2D eigenvalue weighted by atomic mass is 15.1. The van der Waals surface area contributed by atoms with Crippen LogP contribution in [0.1, 0.15) is 0 Å². The van der Waals surface area contributed by atoms with E-state index in [4.69, 9.17) is 0 Å². The fourth-order valence-electron chi connectivity index (χ4n) is 7.20. The van der Waals surface area contributed by atoms with E-state index in [9.17, 15) is 0 Å². The third kappa shape index (κ3) is 4.72. The summed E-state index contributed by atoms with van der Waals surface area (Å²) in [7, 11) is 0. The second-order valence-electron chi connectivity index (χ2n) is 12.1. The van der Waals surface area contributed by atoms with Crippen molar-refractivity contribution >= 4 is 60.2 Å². The summed E-state index contributed by atoms with van der Waals surface area (Å²) in [4.78, 5) is 2.33. The average molecular weight is 598 g/mol. The van der Waals surface area contributed by atoms with Gasteiger partial charge in [0.05, 0.1) is 0 Å². The fraction of sp³-hybridized carbons (Fsp3) is 0. The van der Waals surface area contributed by atoms with Gasteiger partial charge in [0.25, 0.3) is 0 Å². The molecule has 0 aliphatic heterocycles. The van der Waals surface area contributed by atoms with Crippen molar-refractivity contribution in [3.8, 4) is 22.3 Å². The normalized spacial score (nSPS) is 11.4. The van der Waals surface area contributed by atoms with E-state index >= 15 is 0 Å². The number of fused-ring (bicyclic) bond motifs is 6. The van der Waals surface area contributed by atoms with Crippen LogP contribution in [0.5, 0.6) is 0 Å². The Hall–Kier alpha value is -6.18. The monoisotopic (exact) mass is 597 g/mol. The zero-order chi connectivity index (χ0) is 31.2. The number of benzene rings is 9. The van der Waals surface area contributed by atoms with E-state index in [1.165, 1.54) is 65.3 Å². The minimum Gasteiger partial charge on any atom is -0.311 e. The van der Waals surface area contributed by atoms with Crippen molar-refractivity contribution in [2.45, 2.75) is 0 Å². The summed E-state index contributed by atoms with van der Waals surface area (Å²) >= 11 is 0. The zero-order valence-electron chi connectivity index (χ0n) is 25.8. The van der Waals surface area contributed by atoms with Crippen LogP contribution in [-0.4, -0.2) is 0 Å². The lowest BCUT2D eigenvalue weighted by Crippen LogP contribution is -2.09. The maximum absolute atomic E-state index is 2.36. The molecule has 9 rings (SSSR count). The summed E-state index contributed by atoms with van der Waals surface area (Å²) in [5, 5.41) is 10.2. The summed E-state index contributed by atoms with van der Waals surface area (Å²) in [6.07, 6.45) is 0. The van der Waals surface area contributed by atoms with Gasteiger partial charge in [0.15, 0.2) is 0 Å². The first-order valence-corrected chi connectivity index (χ1v) is 16.2. The fourth-order valence-corrected chi connectivity index (χ4v) is 7.20. The predicted molar refractivity (Wildman–Crippen MR) is 202 cm³/mol. The Morgan fingerprint density at radius 3 is 1.47 bits per heavy atom. The number of rotatable bonds is 5.